The minimum atomic E-state index is -0.354. The smallest absolute Gasteiger partial charge is 0.258 e. The van der Waals surface area contributed by atoms with Crippen molar-refractivity contribution in [1.29, 1.82) is 0 Å². The Morgan fingerprint density at radius 1 is 1.29 bits per heavy atom. The first kappa shape index (κ1) is 11.3. The Bertz CT molecular complexity index is 546. The quantitative estimate of drug-likeness (QED) is 0.855. The molecule has 1 heterocycles. The Labute approximate surface area is 102 Å². The number of aromatic hydroxyl groups is 1. The molecule has 0 unspecified atom stereocenters. The van der Waals surface area contributed by atoms with Gasteiger partial charge in [0.05, 0.1) is 10.6 Å². The highest BCUT2D eigenvalue weighted by atomic mass is 35.5. The highest BCUT2D eigenvalue weighted by Crippen LogP contribution is 2.26. The van der Waals surface area contributed by atoms with E-state index in [0.717, 1.165) is 0 Å². The third kappa shape index (κ3) is 2.70. The van der Waals surface area contributed by atoms with Crippen molar-refractivity contribution in [3.63, 3.8) is 0 Å². The highest BCUT2D eigenvalue weighted by Gasteiger charge is 2.07. The normalized spacial score (nSPS) is 9.94. The Hall–Kier alpha value is -2.14. The summed E-state index contributed by atoms with van der Waals surface area (Å²) in [5, 5.41) is 12.2. The van der Waals surface area contributed by atoms with Crippen molar-refractivity contribution in [2.24, 2.45) is 0 Å². The first-order valence-corrected chi connectivity index (χ1v) is 5.09. The van der Waals surface area contributed by atoms with Crippen molar-refractivity contribution in [2.45, 2.75) is 0 Å². The van der Waals surface area contributed by atoms with Crippen LogP contribution >= 0.6 is 11.6 Å². The van der Waals surface area contributed by atoms with Crippen LogP contribution in [0, 0.1) is 0 Å². The predicted molar refractivity (Wildman–Crippen MR) is 63.1 cm³/mol. The molecule has 0 bridgehead atoms. The van der Waals surface area contributed by atoms with Crippen LogP contribution in [0.3, 0.4) is 0 Å². The fourth-order valence-electron chi connectivity index (χ4n) is 1.21. The largest absolute Gasteiger partial charge is 0.506 e. The maximum absolute atomic E-state index is 11.7. The lowest BCUT2D eigenvalue weighted by molar-refractivity contribution is 0.102. The lowest BCUT2D eigenvalue weighted by Crippen LogP contribution is -2.12. The van der Waals surface area contributed by atoms with Gasteiger partial charge >= 0.3 is 0 Å². The monoisotopic (exact) mass is 249 g/mol. The number of nitrogens with zero attached hydrogens (tertiary/aromatic N) is 2. The summed E-state index contributed by atoms with van der Waals surface area (Å²) in [4.78, 5) is 19.2. The van der Waals surface area contributed by atoms with Crippen molar-refractivity contribution in [3.8, 4) is 5.75 Å². The lowest BCUT2D eigenvalue weighted by atomic mass is 10.2. The summed E-state index contributed by atoms with van der Waals surface area (Å²) in [5.74, 6) is -0.443. The molecular formula is C11H8ClN3O2. The van der Waals surface area contributed by atoms with E-state index in [-0.39, 0.29) is 16.7 Å². The Morgan fingerprint density at radius 2 is 2.00 bits per heavy atom. The summed E-state index contributed by atoms with van der Waals surface area (Å²) in [7, 11) is 0. The second-order valence-electron chi connectivity index (χ2n) is 3.25. The minimum absolute atomic E-state index is 0.0891. The fraction of sp³-hybridized carbons (Fsp3) is 0. The molecule has 17 heavy (non-hydrogen) atoms. The average Bonchev–Trinajstić information content (AvgIpc) is 2.35. The third-order valence-corrected chi connectivity index (χ3v) is 2.35. The zero-order chi connectivity index (χ0) is 12.3. The van der Waals surface area contributed by atoms with E-state index >= 15 is 0 Å². The van der Waals surface area contributed by atoms with Gasteiger partial charge in [-0.1, -0.05) is 11.6 Å². The number of nitrogens with one attached hydrogen (secondary N) is 1. The molecule has 0 aliphatic rings. The highest BCUT2D eigenvalue weighted by molar-refractivity contribution is 6.32. The Kier molecular flexibility index (Phi) is 3.20. The van der Waals surface area contributed by atoms with Crippen LogP contribution in [-0.4, -0.2) is 21.0 Å². The fourth-order valence-corrected chi connectivity index (χ4v) is 1.33. The maximum Gasteiger partial charge on any atom is 0.258 e. The molecule has 6 heteroatoms. The Morgan fingerprint density at radius 3 is 2.65 bits per heavy atom. The van der Waals surface area contributed by atoms with Crippen molar-refractivity contribution >= 4 is 23.2 Å². The number of hydrogen-bond donors (Lipinski definition) is 2. The van der Waals surface area contributed by atoms with Gasteiger partial charge in [0, 0.05) is 24.1 Å². The van der Waals surface area contributed by atoms with Crippen molar-refractivity contribution in [3.05, 3.63) is 47.5 Å². The predicted octanol–water partition coefficient (Wildman–Crippen LogP) is 2.09. The van der Waals surface area contributed by atoms with Gasteiger partial charge in [-0.3, -0.25) is 4.79 Å². The average molecular weight is 250 g/mol. The van der Waals surface area contributed by atoms with Crippen LogP contribution in [0.1, 0.15) is 10.4 Å². The van der Waals surface area contributed by atoms with E-state index in [1.807, 2.05) is 0 Å². The summed E-state index contributed by atoms with van der Waals surface area (Å²) in [6.07, 6.45) is 4.14. The molecule has 0 fully saturated rings. The number of halogens is 1. The first-order chi connectivity index (χ1) is 8.16. The van der Waals surface area contributed by atoms with E-state index in [9.17, 15) is 9.90 Å². The maximum atomic E-state index is 11.7. The Balaban J connectivity index is 2.16. The summed E-state index contributed by atoms with van der Waals surface area (Å²) in [5.41, 5.74) is 0.780. The number of carbonyl (C=O) groups is 1. The summed E-state index contributed by atoms with van der Waals surface area (Å²) in [6.45, 7) is 0. The number of phenolic OH excluding ortho intramolecular Hbond substituents is 1. The molecule has 0 aliphatic heterocycles. The standard InChI is InChI=1S/C11H8ClN3O2/c12-9-2-1-8(3-10(9)16)15-11(17)7-4-13-6-14-5-7/h1-6,16H,(H,15,17). The topological polar surface area (TPSA) is 75.1 Å². The van der Waals surface area contributed by atoms with Crippen molar-refractivity contribution in [2.75, 3.05) is 5.32 Å². The van der Waals surface area contributed by atoms with E-state index in [4.69, 9.17) is 11.6 Å². The van der Waals surface area contributed by atoms with E-state index in [1.165, 1.54) is 30.9 Å². The van der Waals surface area contributed by atoms with Crippen LogP contribution < -0.4 is 5.32 Å². The van der Waals surface area contributed by atoms with Crippen LogP contribution in [0.4, 0.5) is 5.69 Å². The molecule has 0 radical (unpaired) electrons. The number of hydrogen-bond acceptors (Lipinski definition) is 4. The van der Waals surface area contributed by atoms with Gasteiger partial charge in [0.2, 0.25) is 0 Å². The molecule has 0 saturated heterocycles. The van der Waals surface area contributed by atoms with E-state index in [1.54, 1.807) is 6.07 Å². The molecular weight excluding hydrogens is 242 g/mol. The van der Waals surface area contributed by atoms with Gasteiger partial charge in [0.25, 0.3) is 5.91 Å². The molecule has 0 atom stereocenters. The number of rotatable bonds is 2. The molecule has 2 aromatic rings. The second kappa shape index (κ2) is 4.80. The van der Waals surface area contributed by atoms with E-state index in [0.29, 0.717) is 11.3 Å². The van der Waals surface area contributed by atoms with Crippen molar-refractivity contribution in [1.82, 2.24) is 9.97 Å². The van der Waals surface area contributed by atoms with Gasteiger partial charge in [0.15, 0.2) is 0 Å². The second-order valence-corrected chi connectivity index (χ2v) is 3.65. The molecule has 0 spiro atoms. The number of phenols is 1. The number of carbonyl (C=O) groups excluding carboxylic acids is 1. The zero-order valence-corrected chi connectivity index (χ0v) is 9.35. The van der Waals surface area contributed by atoms with Crippen molar-refractivity contribution < 1.29 is 9.90 Å². The van der Waals surface area contributed by atoms with Gasteiger partial charge in [-0.15, -0.1) is 0 Å². The molecule has 0 saturated carbocycles. The number of benzene rings is 1. The summed E-state index contributed by atoms with van der Waals surface area (Å²) in [6, 6.07) is 4.45. The van der Waals surface area contributed by atoms with Gasteiger partial charge in [-0.25, -0.2) is 9.97 Å². The lowest BCUT2D eigenvalue weighted by Gasteiger charge is -2.05. The number of aromatic nitrogens is 2. The van der Waals surface area contributed by atoms with E-state index in [2.05, 4.69) is 15.3 Å². The minimum Gasteiger partial charge on any atom is -0.506 e. The molecule has 0 aliphatic carbocycles. The van der Waals surface area contributed by atoms with Gasteiger partial charge < -0.3 is 10.4 Å². The molecule has 2 rings (SSSR count). The van der Waals surface area contributed by atoms with Crippen LogP contribution in [0.15, 0.2) is 36.9 Å². The molecule has 1 amide bonds. The molecule has 86 valence electrons. The number of amides is 1. The van der Waals surface area contributed by atoms with Crippen LogP contribution in [0.5, 0.6) is 5.75 Å². The van der Waals surface area contributed by atoms with Gasteiger partial charge in [-0.2, -0.15) is 0 Å². The molecule has 1 aromatic heterocycles. The van der Waals surface area contributed by atoms with Crippen LogP contribution in [-0.2, 0) is 0 Å². The summed E-state index contributed by atoms with van der Waals surface area (Å²) < 4.78 is 0. The molecule has 5 nitrogen and oxygen atoms in total. The van der Waals surface area contributed by atoms with Crippen LogP contribution in [0.2, 0.25) is 5.02 Å². The van der Waals surface area contributed by atoms with E-state index < -0.39 is 0 Å². The van der Waals surface area contributed by atoms with Gasteiger partial charge in [-0.05, 0) is 12.1 Å². The van der Waals surface area contributed by atoms with Gasteiger partial charge in [0.1, 0.15) is 12.1 Å². The zero-order valence-electron chi connectivity index (χ0n) is 8.59. The SMILES string of the molecule is O=C(Nc1ccc(Cl)c(O)c1)c1cncnc1. The third-order valence-electron chi connectivity index (χ3n) is 2.03. The first-order valence-electron chi connectivity index (χ1n) is 4.71. The summed E-state index contributed by atoms with van der Waals surface area (Å²) >= 11 is 5.65. The molecule has 1 aromatic carbocycles. The number of anilines is 1. The molecule has 2 N–H and O–H groups in total. The van der Waals surface area contributed by atoms with Crippen LogP contribution in [0.25, 0.3) is 0 Å².